The minimum absolute atomic E-state index is 0.238. The van der Waals surface area contributed by atoms with E-state index in [1.54, 1.807) is 13.0 Å². The number of anilines is 1. The maximum Gasteiger partial charge on any atom is 0.271 e. The maximum absolute atomic E-state index is 12.0. The van der Waals surface area contributed by atoms with E-state index in [0.29, 0.717) is 20.7 Å². The fraction of sp³-hybridized carbons (Fsp3) is 0.0909. The molecule has 0 aliphatic carbocycles. The number of aryl methyl sites for hydroxylation is 1. The molecule has 0 atom stereocenters. The molecule has 96 valence electrons. The summed E-state index contributed by atoms with van der Waals surface area (Å²) in [5, 5.41) is 7.74. The number of nitrogens with zero attached hydrogens (tertiary/aromatic N) is 3. The number of fused-ring (bicyclic) bond motifs is 1. The highest BCUT2D eigenvalue weighted by Gasteiger charge is 2.15. The van der Waals surface area contributed by atoms with E-state index in [0.717, 1.165) is 21.7 Å². The predicted octanol–water partition coefficient (Wildman–Crippen LogP) is 3.36. The van der Waals surface area contributed by atoms with Gasteiger partial charge in [-0.3, -0.25) is 10.1 Å². The third kappa shape index (κ3) is 2.44. The monoisotopic (exact) mass is 310 g/mol. The molecule has 3 rings (SSSR count). The van der Waals surface area contributed by atoms with Gasteiger partial charge >= 0.3 is 0 Å². The zero-order chi connectivity index (χ0) is 13.4. The van der Waals surface area contributed by atoms with Crippen molar-refractivity contribution < 1.29 is 4.79 Å². The first-order chi connectivity index (χ1) is 9.13. The molecule has 19 heavy (non-hydrogen) atoms. The van der Waals surface area contributed by atoms with Crippen molar-refractivity contribution in [2.45, 2.75) is 6.92 Å². The molecule has 0 bridgehead atoms. The largest absolute Gasteiger partial charge is 0.297 e. The number of aromatic nitrogens is 3. The molecular weight excluding hydrogens is 304 g/mol. The van der Waals surface area contributed by atoms with E-state index in [9.17, 15) is 4.79 Å². The Hall–Kier alpha value is -1.57. The maximum atomic E-state index is 12.0. The molecule has 3 aromatic rings. The Bertz CT molecular complexity index is 767. The highest BCUT2D eigenvalue weighted by molar-refractivity contribution is 7.22. The van der Waals surface area contributed by atoms with Crippen molar-refractivity contribution in [2.75, 3.05) is 5.32 Å². The van der Waals surface area contributed by atoms with Gasteiger partial charge in [0, 0.05) is 5.02 Å². The Balaban J connectivity index is 1.89. The van der Waals surface area contributed by atoms with E-state index in [4.69, 9.17) is 11.6 Å². The summed E-state index contributed by atoms with van der Waals surface area (Å²) in [4.78, 5) is 16.8. The Morgan fingerprint density at radius 3 is 3.00 bits per heavy atom. The van der Waals surface area contributed by atoms with Crippen molar-refractivity contribution >= 4 is 55.7 Å². The van der Waals surface area contributed by atoms with E-state index in [-0.39, 0.29) is 5.91 Å². The number of thiazole rings is 1. The van der Waals surface area contributed by atoms with Crippen LogP contribution >= 0.6 is 34.5 Å². The highest BCUT2D eigenvalue weighted by Crippen LogP contribution is 2.28. The second-order valence-electron chi connectivity index (χ2n) is 3.77. The minimum Gasteiger partial charge on any atom is -0.297 e. The average molecular weight is 311 g/mol. The van der Waals surface area contributed by atoms with Gasteiger partial charge < -0.3 is 0 Å². The molecule has 0 aliphatic rings. The van der Waals surface area contributed by atoms with E-state index in [2.05, 4.69) is 19.9 Å². The summed E-state index contributed by atoms with van der Waals surface area (Å²) in [6.07, 6.45) is 0. The van der Waals surface area contributed by atoms with Crippen LogP contribution in [0, 0.1) is 6.92 Å². The predicted molar refractivity (Wildman–Crippen MR) is 77.2 cm³/mol. The van der Waals surface area contributed by atoms with E-state index >= 15 is 0 Å². The van der Waals surface area contributed by atoms with Crippen molar-refractivity contribution in [3.63, 3.8) is 0 Å². The van der Waals surface area contributed by atoms with Gasteiger partial charge in [-0.1, -0.05) is 27.4 Å². The van der Waals surface area contributed by atoms with Gasteiger partial charge in [-0.15, -0.1) is 5.10 Å². The summed E-state index contributed by atoms with van der Waals surface area (Å²) >= 11 is 8.36. The van der Waals surface area contributed by atoms with Gasteiger partial charge in [0.1, 0.15) is 4.88 Å². The molecule has 0 spiro atoms. The van der Waals surface area contributed by atoms with Gasteiger partial charge in [0.2, 0.25) is 0 Å². The number of carbonyl (C=O) groups is 1. The number of benzene rings is 1. The molecule has 2 aromatic heterocycles. The summed E-state index contributed by atoms with van der Waals surface area (Å²) in [5.74, 6) is -0.238. The third-order valence-corrected chi connectivity index (χ3v) is 4.42. The van der Waals surface area contributed by atoms with Gasteiger partial charge in [-0.05, 0) is 36.7 Å². The number of carbonyl (C=O) groups excluding carboxylic acids is 1. The molecule has 1 N–H and O–H groups in total. The van der Waals surface area contributed by atoms with Gasteiger partial charge in [0.05, 0.1) is 15.9 Å². The van der Waals surface area contributed by atoms with Crippen molar-refractivity contribution in [2.24, 2.45) is 0 Å². The number of nitrogens with one attached hydrogen (secondary N) is 1. The van der Waals surface area contributed by atoms with Crippen molar-refractivity contribution in [3.8, 4) is 0 Å². The smallest absolute Gasteiger partial charge is 0.271 e. The molecule has 0 aliphatic heterocycles. The van der Waals surface area contributed by atoms with Crippen LogP contribution in [-0.4, -0.2) is 20.5 Å². The Kier molecular flexibility index (Phi) is 3.17. The first-order valence-corrected chi connectivity index (χ1v) is 7.26. The zero-order valence-corrected chi connectivity index (χ0v) is 12.1. The molecule has 8 heteroatoms. The number of amides is 1. The molecule has 0 unspecified atom stereocenters. The van der Waals surface area contributed by atoms with E-state index in [1.807, 2.05) is 12.1 Å². The minimum atomic E-state index is -0.238. The fourth-order valence-electron chi connectivity index (χ4n) is 1.55. The molecule has 1 amide bonds. The van der Waals surface area contributed by atoms with Crippen LogP contribution in [0.3, 0.4) is 0 Å². The van der Waals surface area contributed by atoms with Gasteiger partial charge in [0.15, 0.2) is 5.13 Å². The molecule has 0 saturated heterocycles. The SMILES string of the molecule is Cc1nnsc1C(=O)Nc1nc2ccc(Cl)cc2s1. The van der Waals surface area contributed by atoms with Gasteiger partial charge in [0.25, 0.3) is 5.91 Å². The first-order valence-electron chi connectivity index (χ1n) is 5.30. The fourth-order valence-corrected chi connectivity index (χ4v) is 3.23. The molecule has 1 aromatic carbocycles. The lowest BCUT2D eigenvalue weighted by Crippen LogP contribution is -2.11. The molecule has 2 heterocycles. The summed E-state index contributed by atoms with van der Waals surface area (Å²) in [5.41, 5.74) is 1.43. The standard InChI is InChI=1S/C11H7ClN4OS2/c1-5-9(19-16-15-5)10(17)14-11-13-7-3-2-6(12)4-8(7)18-11/h2-4H,1H3,(H,13,14,17). The summed E-state index contributed by atoms with van der Waals surface area (Å²) < 4.78 is 4.67. The lowest BCUT2D eigenvalue weighted by atomic mass is 10.3. The van der Waals surface area contributed by atoms with Crippen LogP contribution in [0.5, 0.6) is 0 Å². The van der Waals surface area contributed by atoms with Gasteiger partial charge in [-0.2, -0.15) is 0 Å². The van der Waals surface area contributed by atoms with E-state index in [1.165, 1.54) is 11.3 Å². The number of hydrogen-bond acceptors (Lipinski definition) is 6. The second-order valence-corrected chi connectivity index (χ2v) is 5.99. The number of rotatable bonds is 2. The highest BCUT2D eigenvalue weighted by atomic mass is 35.5. The Morgan fingerprint density at radius 2 is 2.26 bits per heavy atom. The lowest BCUT2D eigenvalue weighted by molar-refractivity contribution is 0.103. The lowest BCUT2D eigenvalue weighted by Gasteiger charge is -1.97. The normalized spacial score (nSPS) is 10.8. The van der Waals surface area contributed by atoms with Crippen LogP contribution in [0.2, 0.25) is 5.02 Å². The van der Waals surface area contributed by atoms with Crippen molar-refractivity contribution in [1.82, 2.24) is 14.6 Å². The van der Waals surface area contributed by atoms with Crippen molar-refractivity contribution in [1.29, 1.82) is 0 Å². The third-order valence-electron chi connectivity index (χ3n) is 2.43. The molecule has 0 saturated carbocycles. The van der Waals surface area contributed by atoms with Crippen LogP contribution < -0.4 is 5.32 Å². The quantitative estimate of drug-likeness (QED) is 0.788. The van der Waals surface area contributed by atoms with Crippen molar-refractivity contribution in [3.05, 3.63) is 33.8 Å². The molecular formula is C11H7ClN4OS2. The zero-order valence-electron chi connectivity index (χ0n) is 9.68. The van der Waals surface area contributed by atoms with Crippen LogP contribution in [0.1, 0.15) is 15.4 Å². The molecule has 5 nitrogen and oxygen atoms in total. The second kappa shape index (κ2) is 4.84. The Labute approximate surface area is 121 Å². The first kappa shape index (κ1) is 12.5. The summed E-state index contributed by atoms with van der Waals surface area (Å²) in [7, 11) is 0. The summed E-state index contributed by atoms with van der Waals surface area (Å²) in [6.45, 7) is 1.75. The number of hydrogen-bond donors (Lipinski definition) is 1. The van der Waals surface area contributed by atoms with Crippen LogP contribution in [0.15, 0.2) is 18.2 Å². The van der Waals surface area contributed by atoms with Crippen LogP contribution in [0.4, 0.5) is 5.13 Å². The van der Waals surface area contributed by atoms with Crippen LogP contribution in [0.25, 0.3) is 10.2 Å². The van der Waals surface area contributed by atoms with Crippen LogP contribution in [-0.2, 0) is 0 Å². The number of halogens is 1. The summed E-state index contributed by atoms with van der Waals surface area (Å²) in [6, 6.07) is 5.42. The van der Waals surface area contributed by atoms with Gasteiger partial charge in [-0.25, -0.2) is 4.98 Å². The Morgan fingerprint density at radius 1 is 1.42 bits per heavy atom. The average Bonchev–Trinajstić information content (AvgIpc) is 2.94. The molecule has 0 radical (unpaired) electrons. The molecule has 0 fully saturated rings. The topological polar surface area (TPSA) is 67.8 Å². The van der Waals surface area contributed by atoms with E-state index < -0.39 is 0 Å².